The molecule has 0 saturated carbocycles. The fourth-order valence-electron chi connectivity index (χ4n) is 1.11. The topological polar surface area (TPSA) is 85.1 Å². The van der Waals surface area contributed by atoms with Gasteiger partial charge in [0.15, 0.2) is 5.03 Å². The number of nitrogens with two attached hydrogens (primary N) is 1. The molecule has 0 aliphatic rings. The smallest absolute Gasteiger partial charge is 0.258 e. The molecule has 0 atom stereocenters. The van der Waals surface area contributed by atoms with Gasteiger partial charge in [-0.05, 0) is 31.7 Å². The van der Waals surface area contributed by atoms with Crippen molar-refractivity contribution in [3.63, 3.8) is 0 Å². The Hall–Kier alpha value is -0.630. The first-order chi connectivity index (χ1) is 8.30. The summed E-state index contributed by atoms with van der Waals surface area (Å²) >= 11 is 1.61. The van der Waals surface area contributed by atoms with Crippen LogP contribution in [0.3, 0.4) is 0 Å². The number of aromatic nitrogens is 1. The van der Waals surface area contributed by atoms with E-state index in [0.29, 0.717) is 13.1 Å². The highest BCUT2D eigenvalue weighted by Gasteiger charge is 2.22. The van der Waals surface area contributed by atoms with Crippen molar-refractivity contribution in [3.8, 4) is 0 Å². The monoisotopic (exact) mass is 289 g/mol. The van der Waals surface area contributed by atoms with Gasteiger partial charge in [-0.2, -0.15) is 11.8 Å². The fraction of sp³-hybridized carbons (Fsp3) is 0.545. The van der Waals surface area contributed by atoms with Crippen LogP contribution in [0.5, 0.6) is 0 Å². The van der Waals surface area contributed by atoms with Crippen LogP contribution < -0.4 is 10.5 Å². The average Bonchev–Trinajstić information content (AvgIpc) is 2.37. The van der Waals surface area contributed by atoms with Crippen LogP contribution in [0.2, 0.25) is 0 Å². The predicted molar refractivity (Wildman–Crippen MR) is 74.9 cm³/mol. The number of nitrogens with one attached hydrogen (secondary N) is 1. The second-order valence-corrected chi connectivity index (χ2v) is 7.72. The Kier molecular flexibility index (Phi) is 5.15. The molecule has 0 aromatic carbocycles. The van der Waals surface area contributed by atoms with Crippen molar-refractivity contribution in [2.24, 2.45) is 5.73 Å². The maximum Gasteiger partial charge on any atom is 0.258 e. The Labute approximate surface area is 113 Å². The van der Waals surface area contributed by atoms with Crippen LogP contribution in [0, 0.1) is 0 Å². The first kappa shape index (κ1) is 15.4. The highest BCUT2D eigenvalue weighted by Crippen LogP contribution is 2.20. The van der Waals surface area contributed by atoms with Gasteiger partial charge in [0.05, 0.1) is 0 Å². The number of nitrogens with zero attached hydrogens (tertiary/aromatic N) is 1. The SMILES string of the molecule is CSC(C)(C)CNS(=O)(=O)c1ccc(CN)cn1. The highest BCUT2D eigenvalue weighted by molar-refractivity contribution is 8.00. The normalized spacial score (nSPS) is 12.7. The molecular formula is C11H19N3O2S2. The average molecular weight is 289 g/mol. The summed E-state index contributed by atoms with van der Waals surface area (Å²) < 4.78 is 26.4. The minimum atomic E-state index is -3.54. The van der Waals surface area contributed by atoms with E-state index in [0.717, 1.165) is 5.56 Å². The van der Waals surface area contributed by atoms with Crippen LogP contribution in [-0.2, 0) is 16.6 Å². The highest BCUT2D eigenvalue weighted by atomic mass is 32.2. The maximum absolute atomic E-state index is 12.0. The minimum absolute atomic E-state index is 0.0246. The molecule has 0 bridgehead atoms. The molecule has 7 heteroatoms. The molecular weight excluding hydrogens is 270 g/mol. The summed E-state index contributed by atoms with van der Waals surface area (Å²) in [5, 5.41) is 0.0246. The molecule has 0 radical (unpaired) electrons. The van der Waals surface area contributed by atoms with E-state index in [-0.39, 0.29) is 9.77 Å². The Morgan fingerprint density at radius 3 is 2.56 bits per heavy atom. The van der Waals surface area contributed by atoms with Gasteiger partial charge in [-0.3, -0.25) is 0 Å². The number of hydrogen-bond donors (Lipinski definition) is 2. The van der Waals surface area contributed by atoms with Gasteiger partial charge in [0, 0.05) is 24.0 Å². The quantitative estimate of drug-likeness (QED) is 0.815. The van der Waals surface area contributed by atoms with Crippen molar-refractivity contribution in [2.45, 2.75) is 30.2 Å². The van der Waals surface area contributed by atoms with Crippen LogP contribution in [0.1, 0.15) is 19.4 Å². The Morgan fingerprint density at radius 2 is 2.11 bits per heavy atom. The van der Waals surface area contributed by atoms with Crippen LogP contribution in [0.15, 0.2) is 23.4 Å². The number of sulfonamides is 1. The summed E-state index contributed by atoms with van der Waals surface area (Å²) in [5.74, 6) is 0. The van der Waals surface area contributed by atoms with Crippen molar-refractivity contribution >= 4 is 21.8 Å². The number of pyridine rings is 1. The van der Waals surface area contributed by atoms with Gasteiger partial charge < -0.3 is 5.73 Å². The number of rotatable bonds is 6. The van der Waals surface area contributed by atoms with E-state index in [1.165, 1.54) is 12.3 Å². The second-order valence-electron chi connectivity index (χ2n) is 4.50. The maximum atomic E-state index is 12.0. The summed E-state index contributed by atoms with van der Waals surface area (Å²) in [5.41, 5.74) is 6.24. The molecule has 1 aromatic rings. The van der Waals surface area contributed by atoms with Gasteiger partial charge in [-0.1, -0.05) is 6.07 Å². The van der Waals surface area contributed by atoms with Crippen molar-refractivity contribution in [2.75, 3.05) is 12.8 Å². The number of hydrogen-bond acceptors (Lipinski definition) is 5. The fourth-order valence-corrected chi connectivity index (χ4v) is 2.55. The van der Waals surface area contributed by atoms with Gasteiger partial charge in [-0.15, -0.1) is 0 Å². The standard InChI is InChI=1S/C11H19N3O2S2/c1-11(2,17-3)8-14-18(15,16)10-5-4-9(6-12)7-13-10/h4-5,7,14H,6,8,12H2,1-3H3. The molecule has 0 amide bonds. The molecule has 0 saturated heterocycles. The van der Waals surface area contributed by atoms with E-state index in [2.05, 4.69) is 9.71 Å². The van der Waals surface area contributed by atoms with Gasteiger partial charge in [0.1, 0.15) is 0 Å². The lowest BCUT2D eigenvalue weighted by Crippen LogP contribution is -2.36. The van der Waals surface area contributed by atoms with E-state index < -0.39 is 10.0 Å². The lowest BCUT2D eigenvalue weighted by Gasteiger charge is -2.21. The summed E-state index contributed by atoms with van der Waals surface area (Å²) in [6.45, 7) is 4.66. The lowest BCUT2D eigenvalue weighted by molar-refractivity contribution is 0.567. The third-order valence-corrected chi connectivity index (χ3v) is 5.12. The number of thioether (sulfide) groups is 1. The molecule has 102 valence electrons. The first-order valence-corrected chi connectivity index (χ1v) is 8.21. The molecule has 3 N–H and O–H groups in total. The van der Waals surface area contributed by atoms with E-state index in [4.69, 9.17) is 5.73 Å². The largest absolute Gasteiger partial charge is 0.326 e. The van der Waals surface area contributed by atoms with Crippen LogP contribution >= 0.6 is 11.8 Å². The van der Waals surface area contributed by atoms with E-state index >= 15 is 0 Å². The summed E-state index contributed by atoms with van der Waals surface area (Å²) in [7, 11) is -3.54. The third kappa shape index (κ3) is 4.24. The molecule has 0 unspecified atom stereocenters. The second kappa shape index (κ2) is 6.01. The zero-order valence-corrected chi connectivity index (χ0v) is 12.4. The summed E-state index contributed by atoms with van der Waals surface area (Å²) in [4.78, 5) is 3.91. The zero-order valence-electron chi connectivity index (χ0n) is 10.8. The van der Waals surface area contributed by atoms with Gasteiger partial charge >= 0.3 is 0 Å². The van der Waals surface area contributed by atoms with Gasteiger partial charge in [0.2, 0.25) is 0 Å². The van der Waals surface area contributed by atoms with Crippen molar-refractivity contribution in [3.05, 3.63) is 23.9 Å². The molecule has 18 heavy (non-hydrogen) atoms. The summed E-state index contributed by atoms with van der Waals surface area (Å²) in [6.07, 6.45) is 3.43. The van der Waals surface area contributed by atoms with Crippen LogP contribution in [0.4, 0.5) is 0 Å². The molecule has 1 aromatic heterocycles. The first-order valence-electron chi connectivity index (χ1n) is 5.50. The lowest BCUT2D eigenvalue weighted by atomic mass is 10.2. The minimum Gasteiger partial charge on any atom is -0.326 e. The van der Waals surface area contributed by atoms with Crippen molar-refractivity contribution in [1.29, 1.82) is 0 Å². The van der Waals surface area contributed by atoms with Crippen molar-refractivity contribution < 1.29 is 8.42 Å². The van der Waals surface area contributed by atoms with E-state index in [1.54, 1.807) is 17.8 Å². The molecule has 5 nitrogen and oxygen atoms in total. The van der Waals surface area contributed by atoms with Gasteiger partial charge in [0.25, 0.3) is 10.0 Å². The molecule has 1 heterocycles. The van der Waals surface area contributed by atoms with E-state index in [9.17, 15) is 8.42 Å². The van der Waals surface area contributed by atoms with Crippen molar-refractivity contribution in [1.82, 2.24) is 9.71 Å². The third-order valence-electron chi connectivity index (χ3n) is 2.55. The molecule has 1 rings (SSSR count). The molecule has 0 spiro atoms. The Bertz CT molecular complexity index is 484. The van der Waals surface area contributed by atoms with Gasteiger partial charge in [-0.25, -0.2) is 18.1 Å². The molecule has 0 aliphatic heterocycles. The van der Waals surface area contributed by atoms with Crippen LogP contribution in [-0.4, -0.2) is 30.9 Å². The molecule has 0 fully saturated rings. The molecule has 0 aliphatic carbocycles. The van der Waals surface area contributed by atoms with E-state index in [1.807, 2.05) is 20.1 Å². The van der Waals surface area contributed by atoms with Crippen LogP contribution in [0.25, 0.3) is 0 Å². The Balaban J connectivity index is 2.80. The predicted octanol–water partition coefficient (Wildman–Crippen LogP) is 0.960. The Morgan fingerprint density at radius 1 is 1.44 bits per heavy atom. The zero-order chi connectivity index (χ0) is 13.8. The summed E-state index contributed by atoms with van der Waals surface area (Å²) in [6, 6.07) is 3.14.